The highest BCUT2D eigenvalue weighted by molar-refractivity contribution is 5.89. The molecule has 3 nitrogen and oxygen atoms in total. The molecule has 1 aromatic rings. The maximum atomic E-state index is 2.61. The topological polar surface area (TPSA) is 9.49 Å². The van der Waals surface area contributed by atoms with Crippen LogP contribution in [0.4, 0.5) is 5.69 Å². The molecule has 0 N–H and O–H groups in total. The van der Waals surface area contributed by atoms with Crippen LogP contribution in [-0.4, -0.2) is 48.0 Å². The minimum absolute atomic E-state index is 0.0452. The highest BCUT2D eigenvalue weighted by Gasteiger charge is 2.39. The predicted octanol–water partition coefficient (Wildman–Crippen LogP) is 5.96. The fraction of sp³-hybridized carbons (Fsp3) is 0.607. The average Bonchev–Trinajstić information content (AvgIpc) is 3.48. The summed E-state index contributed by atoms with van der Waals surface area (Å²) in [6.07, 6.45) is 15.5. The van der Waals surface area contributed by atoms with Gasteiger partial charge in [-0.15, -0.1) is 0 Å². The minimum Gasteiger partial charge on any atom is -0.344 e. The van der Waals surface area contributed by atoms with E-state index < -0.39 is 0 Å². The quantitative estimate of drug-likeness (QED) is 0.480. The Kier molecular flexibility index (Phi) is 6.89. The second kappa shape index (κ2) is 9.63. The summed E-state index contributed by atoms with van der Waals surface area (Å²) in [5.74, 6) is 2.35. The van der Waals surface area contributed by atoms with Crippen molar-refractivity contribution in [2.75, 3.05) is 37.6 Å². The maximum absolute atomic E-state index is 2.61. The van der Waals surface area contributed by atoms with E-state index in [1.807, 2.05) is 0 Å². The van der Waals surface area contributed by atoms with Crippen molar-refractivity contribution in [3.05, 3.63) is 53.8 Å². The number of hydrogen-bond acceptors (Lipinski definition) is 2. The molecule has 3 aliphatic rings. The summed E-state index contributed by atoms with van der Waals surface area (Å²) in [5.41, 5.74) is 4.37. The Morgan fingerprint density at radius 3 is 2.65 bits per heavy atom. The van der Waals surface area contributed by atoms with Gasteiger partial charge in [-0.05, 0) is 50.3 Å². The van der Waals surface area contributed by atoms with Gasteiger partial charge in [-0.1, -0.05) is 63.8 Å². The number of rotatable bonds is 8. The van der Waals surface area contributed by atoms with Crippen molar-refractivity contribution >= 4 is 11.5 Å². The Labute approximate surface area is 190 Å². The third-order valence-electron chi connectivity index (χ3n) is 7.82. The van der Waals surface area contributed by atoms with Crippen LogP contribution >= 0.6 is 0 Å². The Bertz CT molecular complexity index is 855. The van der Waals surface area contributed by atoms with Crippen LogP contribution in [0.2, 0.25) is 0 Å². The number of likely N-dealkylation sites (N-methyl/N-ethyl adjacent to an activating group) is 2. The van der Waals surface area contributed by atoms with E-state index in [1.54, 1.807) is 0 Å². The average molecular weight is 421 g/mol. The van der Waals surface area contributed by atoms with E-state index in [1.165, 1.54) is 61.3 Å². The number of nitrogens with zero attached hydrogens (tertiary/aromatic N) is 3. The zero-order valence-corrected chi connectivity index (χ0v) is 20.2. The van der Waals surface area contributed by atoms with E-state index in [9.17, 15) is 0 Å². The van der Waals surface area contributed by atoms with E-state index in [4.69, 9.17) is 0 Å². The lowest BCUT2D eigenvalue weighted by atomic mass is 9.84. The molecule has 2 heterocycles. The first-order chi connectivity index (χ1) is 15.1. The van der Waals surface area contributed by atoms with E-state index in [0.29, 0.717) is 0 Å². The van der Waals surface area contributed by atoms with Crippen LogP contribution in [0.3, 0.4) is 0 Å². The van der Waals surface area contributed by atoms with Crippen LogP contribution in [0.15, 0.2) is 48.2 Å². The number of benzene rings is 1. The van der Waals surface area contributed by atoms with Gasteiger partial charge in [0.1, 0.15) is 13.1 Å². The van der Waals surface area contributed by atoms with Crippen molar-refractivity contribution in [3.8, 4) is 0 Å². The summed E-state index contributed by atoms with van der Waals surface area (Å²) in [6, 6.07) is 9.04. The summed E-state index contributed by atoms with van der Waals surface area (Å²) < 4.78 is 2.49. The van der Waals surface area contributed by atoms with Crippen molar-refractivity contribution in [2.24, 2.45) is 5.92 Å². The molecular formula is C28H42N3+. The fourth-order valence-electron chi connectivity index (χ4n) is 5.97. The Morgan fingerprint density at radius 2 is 1.90 bits per heavy atom. The van der Waals surface area contributed by atoms with E-state index >= 15 is 0 Å². The summed E-state index contributed by atoms with van der Waals surface area (Å²) in [4.78, 5) is 5.11. The third kappa shape index (κ3) is 4.47. The first-order valence-corrected chi connectivity index (χ1v) is 12.7. The van der Waals surface area contributed by atoms with Gasteiger partial charge in [0.25, 0.3) is 5.84 Å². The van der Waals surface area contributed by atoms with Crippen molar-refractivity contribution in [2.45, 2.75) is 71.6 Å². The molecule has 0 spiro atoms. The van der Waals surface area contributed by atoms with Gasteiger partial charge in [0, 0.05) is 29.4 Å². The van der Waals surface area contributed by atoms with Crippen LogP contribution < -0.4 is 4.90 Å². The van der Waals surface area contributed by atoms with E-state index in [0.717, 1.165) is 38.6 Å². The van der Waals surface area contributed by atoms with Crippen LogP contribution in [0.5, 0.6) is 0 Å². The summed E-state index contributed by atoms with van der Waals surface area (Å²) in [6.45, 7) is 14.9. The maximum Gasteiger partial charge on any atom is 0.272 e. The molecule has 0 amide bonds. The Morgan fingerprint density at radius 1 is 1.13 bits per heavy atom. The molecule has 3 heteroatoms. The fourth-order valence-corrected chi connectivity index (χ4v) is 5.97. The Balaban J connectivity index is 1.57. The molecular weight excluding hydrogens is 378 g/mol. The number of hydrogen-bond donors (Lipinski definition) is 0. The molecule has 1 saturated carbocycles. The molecule has 4 rings (SSSR count). The van der Waals surface area contributed by atoms with Crippen molar-refractivity contribution < 1.29 is 4.58 Å². The molecule has 0 saturated heterocycles. The largest absolute Gasteiger partial charge is 0.344 e. The zero-order valence-electron chi connectivity index (χ0n) is 20.2. The van der Waals surface area contributed by atoms with Gasteiger partial charge < -0.3 is 4.90 Å². The van der Waals surface area contributed by atoms with Crippen molar-refractivity contribution in [3.63, 3.8) is 0 Å². The number of amidine groups is 1. The first-order valence-electron chi connectivity index (χ1n) is 12.7. The monoisotopic (exact) mass is 420 g/mol. The molecule has 1 aromatic carbocycles. The van der Waals surface area contributed by atoms with Gasteiger partial charge >= 0.3 is 0 Å². The first kappa shape index (κ1) is 22.2. The van der Waals surface area contributed by atoms with Gasteiger partial charge in [-0.3, -0.25) is 9.48 Å². The van der Waals surface area contributed by atoms with Gasteiger partial charge in [0.15, 0.2) is 0 Å². The lowest BCUT2D eigenvalue weighted by Gasteiger charge is -2.27. The summed E-state index contributed by atoms with van der Waals surface area (Å²) in [5, 5.41) is 0. The second-order valence-electron chi connectivity index (χ2n) is 10.0. The van der Waals surface area contributed by atoms with Crippen LogP contribution in [-0.2, 0) is 5.41 Å². The second-order valence-corrected chi connectivity index (χ2v) is 10.0. The minimum atomic E-state index is 0.0452. The molecule has 0 bridgehead atoms. The highest BCUT2D eigenvalue weighted by atomic mass is 15.3. The smallest absolute Gasteiger partial charge is 0.272 e. The normalized spacial score (nSPS) is 22.5. The lowest BCUT2D eigenvalue weighted by Crippen LogP contribution is -2.28. The Hall–Kier alpha value is -2.03. The third-order valence-corrected chi connectivity index (χ3v) is 7.82. The van der Waals surface area contributed by atoms with Crippen LogP contribution in [0.1, 0.15) is 71.8 Å². The zero-order chi connectivity index (χ0) is 21.8. The highest BCUT2D eigenvalue weighted by Crippen LogP contribution is 2.47. The molecule has 168 valence electrons. The van der Waals surface area contributed by atoms with Gasteiger partial charge in [0.2, 0.25) is 0 Å². The lowest BCUT2D eigenvalue weighted by molar-refractivity contribution is -0.513. The summed E-state index contributed by atoms with van der Waals surface area (Å²) >= 11 is 0. The number of fused-ring (bicyclic) bond motifs is 1. The van der Waals surface area contributed by atoms with Gasteiger partial charge in [-0.2, -0.15) is 0 Å². The van der Waals surface area contributed by atoms with Crippen LogP contribution in [0.25, 0.3) is 0 Å². The predicted molar refractivity (Wildman–Crippen MR) is 133 cm³/mol. The number of allylic oxidation sites excluding steroid dienone is 3. The molecule has 2 aliphatic heterocycles. The molecule has 1 fully saturated rings. The molecule has 0 unspecified atom stereocenters. The molecule has 31 heavy (non-hydrogen) atoms. The standard InChI is InChI=1S/C28H42N3/c1-5-29-21-22-30(6-2)27(29)19-11-18-26-28(3,4)24-16-9-10-17-25(24)31(26)20-12-15-23-13-7-8-14-23/h9-11,16-19,23H,5-8,12-15,20-22H2,1-4H3/q+1. The SMILES string of the molecule is CCN1CC[N+](CC)=C1/C=C/C=C1/N(CCCC2CCCC2)c2ccccc2C1(C)C. The number of anilines is 1. The molecule has 1 aliphatic carbocycles. The molecule has 0 atom stereocenters. The summed E-state index contributed by atoms with van der Waals surface area (Å²) in [7, 11) is 0. The van der Waals surface area contributed by atoms with Crippen molar-refractivity contribution in [1.82, 2.24) is 4.90 Å². The van der Waals surface area contributed by atoms with Gasteiger partial charge in [0.05, 0.1) is 13.1 Å². The van der Waals surface area contributed by atoms with Crippen LogP contribution in [0, 0.1) is 5.92 Å². The number of para-hydroxylation sites is 1. The molecule has 0 radical (unpaired) electrons. The molecule has 0 aromatic heterocycles. The van der Waals surface area contributed by atoms with E-state index in [2.05, 4.69) is 84.6 Å². The van der Waals surface area contributed by atoms with E-state index in [-0.39, 0.29) is 5.41 Å². The van der Waals surface area contributed by atoms with Crippen molar-refractivity contribution in [1.29, 1.82) is 0 Å². The van der Waals surface area contributed by atoms with Gasteiger partial charge in [-0.25, -0.2) is 0 Å².